The van der Waals surface area contributed by atoms with Crippen LogP contribution in [-0.4, -0.2) is 22.4 Å². The molecule has 2 rings (SSSR count). The molecule has 1 heterocycles. The van der Waals surface area contributed by atoms with E-state index in [0.29, 0.717) is 11.6 Å². The van der Waals surface area contributed by atoms with Crippen LogP contribution in [0.2, 0.25) is 0 Å². The average molecular weight is 391 g/mol. The lowest BCUT2D eigenvalue weighted by molar-refractivity contribution is 0.102. The zero-order valence-corrected chi connectivity index (χ0v) is 15.9. The number of aromatic nitrogens is 2. The molecule has 2 N–H and O–H groups in total. The van der Waals surface area contributed by atoms with Gasteiger partial charge in [-0.25, -0.2) is 9.97 Å². The van der Waals surface area contributed by atoms with Crippen molar-refractivity contribution < 1.29 is 4.79 Å². The first kappa shape index (κ1) is 18.4. The number of aryl methyl sites for hydroxylation is 2. The topological polar surface area (TPSA) is 66.9 Å². The minimum Gasteiger partial charge on any atom is -0.354 e. The summed E-state index contributed by atoms with van der Waals surface area (Å²) in [5, 5.41) is 6.06. The van der Waals surface area contributed by atoms with Crippen LogP contribution in [0.5, 0.6) is 0 Å². The number of benzene rings is 1. The minimum atomic E-state index is -0.243. The summed E-state index contributed by atoms with van der Waals surface area (Å²) in [6.07, 6.45) is 3.39. The molecule has 6 heteroatoms. The van der Waals surface area contributed by atoms with Crippen LogP contribution in [0.25, 0.3) is 0 Å². The number of hydrogen-bond donors (Lipinski definition) is 2. The summed E-state index contributed by atoms with van der Waals surface area (Å²) >= 11 is 3.47. The van der Waals surface area contributed by atoms with E-state index in [1.54, 1.807) is 6.07 Å². The number of nitrogens with one attached hydrogen (secondary N) is 2. The van der Waals surface area contributed by atoms with Gasteiger partial charge in [-0.1, -0.05) is 41.8 Å². The van der Waals surface area contributed by atoms with Crippen molar-refractivity contribution in [3.63, 3.8) is 0 Å². The Labute approximate surface area is 151 Å². The predicted octanol–water partition coefficient (Wildman–Crippen LogP) is 4.71. The predicted molar refractivity (Wildman–Crippen MR) is 102 cm³/mol. The third-order valence-electron chi connectivity index (χ3n) is 3.58. The van der Waals surface area contributed by atoms with Crippen LogP contribution < -0.4 is 10.6 Å². The van der Waals surface area contributed by atoms with Gasteiger partial charge in [0.1, 0.15) is 5.69 Å². The maximum Gasteiger partial charge on any atom is 0.274 e. The number of amides is 1. The van der Waals surface area contributed by atoms with E-state index in [1.165, 1.54) is 0 Å². The summed E-state index contributed by atoms with van der Waals surface area (Å²) in [6, 6.07) is 7.39. The normalized spacial score (nSPS) is 10.5. The van der Waals surface area contributed by atoms with Crippen LogP contribution in [-0.2, 0) is 0 Å². The van der Waals surface area contributed by atoms with Crippen molar-refractivity contribution in [1.82, 2.24) is 9.97 Å². The molecule has 1 amide bonds. The van der Waals surface area contributed by atoms with Gasteiger partial charge in [0.25, 0.3) is 5.91 Å². The highest BCUT2D eigenvalue weighted by atomic mass is 79.9. The Hall–Kier alpha value is -1.95. The molecule has 24 heavy (non-hydrogen) atoms. The molecule has 1 aromatic carbocycles. The zero-order valence-electron chi connectivity index (χ0n) is 14.3. The van der Waals surface area contributed by atoms with Gasteiger partial charge in [-0.15, -0.1) is 0 Å². The molecular weight excluding hydrogens is 368 g/mol. The number of nitrogens with zero attached hydrogens (tertiary/aromatic N) is 2. The molecule has 2 aromatic rings. The second-order valence-electron chi connectivity index (χ2n) is 5.77. The van der Waals surface area contributed by atoms with Gasteiger partial charge >= 0.3 is 0 Å². The fourth-order valence-corrected chi connectivity index (χ4v) is 2.58. The van der Waals surface area contributed by atoms with Gasteiger partial charge in [0.05, 0.1) is 0 Å². The van der Waals surface area contributed by atoms with Crippen molar-refractivity contribution in [3.05, 3.63) is 45.7 Å². The first-order valence-corrected chi connectivity index (χ1v) is 8.96. The second-order valence-corrected chi connectivity index (χ2v) is 6.62. The van der Waals surface area contributed by atoms with Crippen molar-refractivity contribution in [2.24, 2.45) is 0 Å². The van der Waals surface area contributed by atoms with Crippen molar-refractivity contribution in [3.8, 4) is 0 Å². The van der Waals surface area contributed by atoms with Crippen molar-refractivity contribution in [2.45, 2.75) is 40.0 Å². The number of carbonyl (C=O) groups is 1. The minimum absolute atomic E-state index is 0.243. The molecule has 0 saturated carbocycles. The standard InChI is InChI=1S/C18H23BrN4O/c1-4-5-6-9-20-18-21-13(3)10-16(23-18)17(24)22-14-8-7-12(2)15(19)11-14/h7-8,10-11H,4-6,9H2,1-3H3,(H,22,24)(H,20,21,23). The molecule has 0 atom stereocenters. The van der Waals surface area contributed by atoms with Gasteiger partial charge in [0.15, 0.2) is 0 Å². The summed E-state index contributed by atoms with van der Waals surface area (Å²) in [5.74, 6) is 0.259. The van der Waals surface area contributed by atoms with Crippen LogP contribution in [0.3, 0.4) is 0 Å². The number of halogens is 1. The molecular formula is C18H23BrN4O. The molecule has 128 valence electrons. The maximum atomic E-state index is 12.4. The molecule has 0 unspecified atom stereocenters. The lowest BCUT2D eigenvalue weighted by atomic mass is 10.2. The Morgan fingerprint density at radius 2 is 1.96 bits per heavy atom. The highest BCUT2D eigenvalue weighted by Gasteiger charge is 2.11. The third kappa shape index (κ3) is 5.30. The number of carbonyl (C=O) groups excluding carboxylic acids is 1. The van der Waals surface area contributed by atoms with Gasteiger partial charge in [0, 0.05) is 22.4 Å². The third-order valence-corrected chi connectivity index (χ3v) is 4.43. The summed E-state index contributed by atoms with van der Waals surface area (Å²) < 4.78 is 0.956. The van der Waals surface area contributed by atoms with Crippen molar-refractivity contribution >= 4 is 33.5 Å². The largest absolute Gasteiger partial charge is 0.354 e. The van der Waals surface area contributed by atoms with E-state index < -0.39 is 0 Å². The van der Waals surface area contributed by atoms with E-state index >= 15 is 0 Å². The molecule has 0 aliphatic carbocycles. The van der Waals surface area contributed by atoms with E-state index in [1.807, 2.05) is 32.0 Å². The summed E-state index contributed by atoms with van der Waals surface area (Å²) in [5.41, 5.74) is 2.96. The van der Waals surface area contributed by atoms with Crippen molar-refractivity contribution in [2.75, 3.05) is 17.2 Å². The van der Waals surface area contributed by atoms with E-state index in [-0.39, 0.29) is 5.91 Å². The number of unbranched alkanes of at least 4 members (excludes halogenated alkanes) is 2. The lowest BCUT2D eigenvalue weighted by Gasteiger charge is -2.09. The fraction of sp³-hybridized carbons (Fsp3) is 0.389. The average Bonchev–Trinajstić information content (AvgIpc) is 2.54. The zero-order chi connectivity index (χ0) is 17.5. The first-order chi connectivity index (χ1) is 11.5. The Balaban J connectivity index is 2.07. The maximum absolute atomic E-state index is 12.4. The smallest absolute Gasteiger partial charge is 0.274 e. The van der Waals surface area contributed by atoms with Gasteiger partial charge in [-0.2, -0.15) is 0 Å². The first-order valence-electron chi connectivity index (χ1n) is 8.16. The lowest BCUT2D eigenvalue weighted by Crippen LogP contribution is -2.16. The molecule has 0 fully saturated rings. The molecule has 5 nitrogen and oxygen atoms in total. The Bertz CT molecular complexity index is 718. The van der Waals surface area contributed by atoms with Crippen LogP contribution in [0.15, 0.2) is 28.7 Å². The fourth-order valence-electron chi connectivity index (χ4n) is 2.20. The number of hydrogen-bond acceptors (Lipinski definition) is 4. The number of anilines is 2. The van der Waals surface area contributed by atoms with Crippen LogP contribution in [0.1, 0.15) is 47.9 Å². The second kappa shape index (κ2) is 8.78. The van der Waals surface area contributed by atoms with Crippen LogP contribution in [0.4, 0.5) is 11.6 Å². The molecule has 0 aliphatic heterocycles. The molecule has 0 aliphatic rings. The van der Waals surface area contributed by atoms with Gasteiger partial charge in [-0.3, -0.25) is 4.79 Å². The van der Waals surface area contributed by atoms with Crippen molar-refractivity contribution in [1.29, 1.82) is 0 Å². The van der Waals surface area contributed by atoms with E-state index in [4.69, 9.17) is 0 Å². The molecule has 0 bridgehead atoms. The quantitative estimate of drug-likeness (QED) is 0.671. The van der Waals surface area contributed by atoms with Gasteiger partial charge in [-0.05, 0) is 44.0 Å². The number of rotatable bonds is 7. The van der Waals surface area contributed by atoms with Gasteiger partial charge in [0.2, 0.25) is 5.95 Å². The molecule has 0 spiro atoms. The van der Waals surface area contributed by atoms with E-state index in [2.05, 4.69) is 43.5 Å². The highest BCUT2D eigenvalue weighted by molar-refractivity contribution is 9.10. The van der Waals surface area contributed by atoms with E-state index in [0.717, 1.165) is 47.2 Å². The Morgan fingerprint density at radius 1 is 1.17 bits per heavy atom. The monoisotopic (exact) mass is 390 g/mol. The van der Waals surface area contributed by atoms with E-state index in [9.17, 15) is 4.79 Å². The van der Waals surface area contributed by atoms with Gasteiger partial charge < -0.3 is 10.6 Å². The molecule has 1 aromatic heterocycles. The van der Waals surface area contributed by atoms with Crippen LogP contribution in [0, 0.1) is 13.8 Å². The molecule has 0 saturated heterocycles. The Kier molecular flexibility index (Phi) is 6.73. The molecule has 0 radical (unpaired) electrons. The summed E-state index contributed by atoms with van der Waals surface area (Å²) in [4.78, 5) is 21.1. The Morgan fingerprint density at radius 3 is 2.67 bits per heavy atom. The van der Waals surface area contributed by atoms with Crippen LogP contribution >= 0.6 is 15.9 Å². The highest BCUT2D eigenvalue weighted by Crippen LogP contribution is 2.21. The summed E-state index contributed by atoms with van der Waals surface area (Å²) in [7, 11) is 0. The SMILES string of the molecule is CCCCCNc1nc(C)cc(C(=O)Nc2ccc(C)c(Br)c2)n1. The summed E-state index contributed by atoms with van der Waals surface area (Å²) in [6.45, 7) is 6.83.